The lowest BCUT2D eigenvalue weighted by Crippen LogP contribution is -2.41. The number of nitrogens with two attached hydrogens (primary N) is 1. The van der Waals surface area contributed by atoms with Crippen molar-refractivity contribution in [2.75, 3.05) is 7.11 Å². The number of carbonyl (C=O) groups excluding carboxylic acids is 1. The highest BCUT2D eigenvalue weighted by molar-refractivity contribution is 7.95. The number of hydrogen-bond acceptors (Lipinski definition) is 7. The summed E-state index contributed by atoms with van der Waals surface area (Å²) in [5, 5.41) is 0. The van der Waals surface area contributed by atoms with Crippen LogP contribution in [0.4, 0.5) is 0 Å². The first kappa shape index (κ1) is 24.5. The van der Waals surface area contributed by atoms with Crippen LogP contribution in [0.3, 0.4) is 0 Å². The van der Waals surface area contributed by atoms with Crippen molar-refractivity contribution in [2.45, 2.75) is 10.8 Å². The van der Waals surface area contributed by atoms with Crippen LogP contribution in [0.2, 0.25) is 0 Å². The summed E-state index contributed by atoms with van der Waals surface area (Å²) in [4.78, 5) is 26.6. The standard InChI is InChI=1S/C28H22N2O5S2/c1-35-28(32)23-22(19-13-7-3-8-14-19)24(37(33,34)20-15-9-4-10-16-20)25(29)30-26(31)21(36-27(23)30)17-18-11-5-2-6-12-18/h2-17,22H,29H2,1H3/b21-17-/t22-/m0/s1. The number of hydrogen-bond donors (Lipinski definition) is 1. The number of carbonyl (C=O) groups is 1. The van der Waals surface area contributed by atoms with Gasteiger partial charge in [-0.25, -0.2) is 13.2 Å². The summed E-state index contributed by atoms with van der Waals surface area (Å²) >= 11 is 1.07. The first-order chi connectivity index (χ1) is 17.8. The number of allylic oxidation sites excluding steroid dienone is 1. The number of esters is 1. The fourth-order valence-corrected chi connectivity index (χ4v) is 7.26. The minimum Gasteiger partial charge on any atom is -0.466 e. The Balaban J connectivity index is 1.93. The number of benzene rings is 3. The number of methoxy groups -OCH3 is 1. The average Bonchev–Trinajstić information content (AvgIpc) is 3.25. The van der Waals surface area contributed by atoms with E-state index >= 15 is 0 Å². The molecule has 3 aromatic carbocycles. The molecule has 0 unspecified atom stereocenters. The molecule has 0 amide bonds. The Morgan fingerprint density at radius 2 is 1.51 bits per heavy atom. The zero-order chi connectivity index (χ0) is 26.2. The average molecular weight is 531 g/mol. The van der Waals surface area contributed by atoms with Gasteiger partial charge < -0.3 is 10.5 Å². The number of rotatable bonds is 5. The Hall–Kier alpha value is -4.21. The predicted octanol–water partition coefficient (Wildman–Crippen LogP) is 2.42. The Bertz CT molecular complexity index is 1810. The first-order valence-electron chi connectivity index (χ1n) is 11.3. The summed E-state index contributed by atoms with van der Waals surface area (Å²) in [6.07, 6.45) is 1.68. The van der Waals surface area contributed by atoms with Crippen LogP contribution in [0.15, 0.2) is 106 Å². The lowest BCUT2D eigenvalue weighted by Gasteiger charge is -2.27. The van der Waals surface area contributed by atoms with E-state index in [0.29, 0.717) is 10.1 Å². The van der Waals surface area contributed by atoms with Gasteiger partial charge >= 0.3 is 5.97 Å². The van der Waals surface area contributed by atoms with Gasteiger partial charge in [0.25, 0.3) is 5.56 Å². The van der Waals surface area contributed by atoms with Crippen LogP contribution in [-0.2, 0) is 19.4 Å². The molecule has 37 heavy (non-hydrogen) atoms. The Morgan fingerprint density at radius 3 is 2.11 bits per heavy atom. The number of thiazole rings is 1. The number of aromatic nitrogens is 1. The van der Waals surface area contributed by atoms with Crippen LogP contribution in [-0.4, -0.2) is 26.1 Å². The molecule has 2 heterocycles. The van der Waals surface area contributed by atoms with Crippen LogP contribution in [0.1, 0.15) is 17.0 Å². The molecule has 0 spiro atoms. The number of nitrogens with zero attached hydrogens (tertiary/aromatic N) is 1. The zero-order valence-electron chi connectivity index (χ0n) is 19.7. The summed E-state index contributed by atoms with van der Waals surface area (Å²) in [7, 11) is -3.01. The molecule has 186 valence electrons. The van der Waals surface area contributed by atoms with Crippen molar-refractivity contribution < 1.29 is 17.9 Å². The maximum absolute atomic E-state index is 14.0. The van der Waals surface area contributed by atoms with E-state index in [2.05, 4.69) is 0 Å². The van der Waals surface area contributed by atoms with Gasteiger partial charge in [0.2, 0.25) is 9.84 Å². The molecule has 1 atom stereocenters. The third-order valence-electron chi connectivity index (χ3n) is 6.08. The molecule has 7 nitrogen and oxygen atoms in total. The second kappa shape index (κ2) is 9.68. The van der Waals surface area contributed by atoms with Gasteiger partial charge in [0.05, 0.1) is 28.0 Å². The van der Waals surface area contributed by atoms with Crippen LogP contribution < -0.4 is 20.5 Å². The number of sulfone groups is 1. The lowest BCUT2D eigenvalue weighted by molar-refractivity contribution is -0.134. The molecule has 0 saturated carbocycles. The van der Waals surface area contributed by atoms with Crippen molar-refractivity contribution in [1.29, 1.82) is 0 Å². The van der Waals surface area contributed by atoms with Gasteiger partial charge in [-0.3, -0.25) is 9.36 Å². The third kappa shape index (κ3) is 4.22. The molecule has 1 aliphatic heterocycles. The second-order valence-electron chi connectivity index (χ2n) is 8.28. The SMILES string of the molecule is COC(=O)C1=c2s/c(=C\c3ccccc3)c(=O)n2C(N)=C(S(=O)(=O)c2ccccc2)[C@H]1c1ccccc1. The molecule has 0 radical (unpaired) electrons. The molecule has 0 aliphatic carbocycles. The second-order valence-corrected chi connectivity index (χ2v) is 11.2. The van der Waals surface area contributed by atoms with Crippen LogP contribution in [0.25, 0.3) is 17.5 Å². The maximum Gasteiger partial charge on any atom is 0.337 e. The topological polar surface area (TPSA) is 108 Å². The molecule has 4 aromatic rings. The van der Waals surface area contributed by atoms with E-state index in [-0.39, 0.29) is 25.9 Å². The highest BCUT2D eigenvalue weighted by Gasteiger charge is 2.42. The minimum atomic E-state index is -4.23. The van der Waals surface area contributed by atoms with Crippen molar-refractivity contribution in [3.8, 4) is 0 Å². The predicted molar refractivity (Wildman–Crippen MR) is 143 cm³/mol. The minimum absolute atomic E-state index is 0.000831. The normalized spacial score (nSPS) is 16.0. The van der Waals surface area contributed by atoms with E-state index in [0.717, 1.165) is 21.5 Å². The van der Waals surface area contributed by atoms with E-state index in [1.54, 1.807) is 54.6 Å². The fourth-order valence-electron chi connectivity index (χ4n) is 4.39. The Labute approximate surface area is 217 Å². The van der Waals surface area contributed by atoms with Gasteiger partial charge in [-0.2, -0.15) is 0 Å². The fraction of sp³-hybridized carbons (Fsp3) is 0.0714. The van der Waals surface area contributed by atoms with Crippen molar-refractivity contribution in [3.05, 3.63) is 127 Å². The molecular weight excluding hydrogens is 508 g/mol. The lowest BCUT2D eigenvalue weighted by atomic mass is 9.89. The molecule has 2 N–H and O–H groups in total. The molecule has 1 aromatic heterocycles. The largest absolute Gasteiger partial charge is 0.466 e. The quantitative estimate of drug-likeness (QED) is 0.397. The van der Waals surface area contributed by atoms with Gasteiger partial charge in [-0.15, -0.1) is 11.3 Å². The van der Waals surface area contributed by atoms with Gasteiger partial charge in [-0.05, 0) is 29.3 Å². The van der Waals surface area contributed by atoms with Gasteiger partial charge in [-0.1, -0.05) is 78.9 Å². The maximum atomic E-state index is 14.0. The third-order valence-corrected chi connectivity index (χ3v) is 9.10. The number of ether oxygens (including phenoxy) is 1. The van der Waals surface area contributed by atoms with E-state index in [1.165, 1.54) is 19.2 Å². The van der Waals surface area contributed by atoms with E-state index in [9.17, 15) is 18.0 Å². The van der Waals surface area contributed by atoms with Crippen molar-refractivity contribution in [2.24, 2.45) is 5.73 Å². The highest BCUT2D eigenvalue weighted by Crippen LogP contribution is 2.41. The molecule has 0 saturated heterocycles. The Morgan fingerprint density at radius 1 is 0.946 bits per heavy atom. The Kier molecular flexibility index (Phi) is 6.41. The van der Waals surface area contributed by atoms with Crippen molar-refractivity contribution in [1.82, 2.24) is 4.57 Å². The van der Waals surface area contributed by atoms with Crippen molar-refractivity contribution >= 4 is 44.6 Å². The molecule has 0 fully saturated rings. The van der Waals surface area contributed by atoms with Crippen LogP contribution in [0.5, 0.6) is 0 Å². The zero-order valence-corrected chi connectivity index (χ0v) is 21.3. The molecule has 0 bridgehead atoms. The van der Waals surface area contributed by atoms with Gasteiger partial charge in [0.15, 0.2) is 0 Å². The first-order valence-corrected chi connectivity index (χ1v) is 13.6. The molecule has 5 rings (SSSR count). The van der Waals surface area contributed by atoms with Crippen LogP contribution in [0, 0.1) is 0 Å². The van der Waals surface area contributed by atoms with E-state index in [4.69, 9.17) is 10.5 Å². The summed E-state index contributed by atoms with van der Waals surface area (Å²) in [5.41, 5.74) is 7.36. The van der Waals surface area contributed by atoms with Crippen molar-refractivity contribution in [3.63, 3.8) is 0 Å². The summed E-state index contributed by atoms with van der Waals surface area (Å²) in [6.45, 7) is 0. The van der Waals surface area contributed by atoms with Gasteiger partial charge in [0.1, 0.15) is 15.4 Å². The monoisotopic (exact) mass is 530 g/mol. The molecule has 9 heteroatoms. The summed E-state index contributed by atoms with van der Waals surface area (Å²) in [6, 6.07) is 25.8. The smallest absolute Gasteiger partial charge is 0.337 e. The summed E-state index contributed by atoms with van der Waals surface area (Å²) < 4.78 is 34.8. The number of fused-ring (bicyclic) bond motifs is 1. The van der Waals surface area contributed by atoms with Crippen LogP contribution >= 0.6 is 11.3 Å². The molecular formula is C28H22N2O5S2. The van der Waals surface area contributed by atoms with E-state index in [1.807, 2.05) is 30.3 Å². The summed E-state index contributed by atoms with van der Waals surface area (Å²) in [5.74, 6) is -2.07. The van der Waals surface area contributed by atoms with Gasteiger partial charge in [0, 0.05) is 0 Å². The molecule has 1 aliphatic rings. The van der Waals surface area contributed by atoms with E-state index < -0.39 is 27.3 Å². The highest BCUT2D eigenvalue weighted by atomic mass is 32.2.